The smallest absolute Gasteiger partial charge is 0.0175 e. The Hall–Kier alpha value is -0.880. The largest absolute Gasteiger partial charge is 0.0622 e. The first kappa shape index (κ1) is 8.12. The molecule has 0 aliphatic rings. The summed E-state index contributed by atoms with van der Waals surface area (Å²) in [4.78, 5) is 0. The van der Waals surface area contributed by atoms with Gasteiger partial charge in [0, 0.05) is 15.3 Å². The molecule has 46 valence electrons. The average molecular weight is 185 g/mol. The maximum absolute atomic E-state index is 6.00. The van der Waals surface area contributed by atoms with Gasteiger partial charge in [-0.25, -0.2) is 0 Å². The van der Waals surface area contributed by atoms with Crippen LogP contribution in [0.1, 0.15) is 0 Å². The number of halogens is 1. The highest BCUT2D eigenvalue weighted by molar-refractivity contribution is 9.10. The highest BCUT2D eigenvalue weighted by atomic mass is 79.9. The molecule has 3 heteroatoms. The topological polar surface area (TPSA) is 47.6 Å². The van der Waals surface area contributed by atoms with Crippen LogP contribution in [0.5, 0.6) is 0 Å². The van der Waals surface area contributed by atoms with Crippen LogP contribution in [0.3, 0.4) is 0 Å². The summed E-state index contributed by atoms with van der Waals surface area (Å²) in [5.74, 6) is 0. The van der Waals surface area contributed by atoms with Crippen molar-refractivity contribution < 1.29 is 0 Å². The Bertz CT molecular complexity index is 171. The van der Waals surface area contributed by atoms with Crippen LogP contribution >= 0.6 is 15.9 Å². The zero-order valence-corrected chi connectivity index (χ0v) is 6.25. The SMILES string of the molecule is Brc1ccccc1.N#N. The average Bonchev–Trinajstić information content (AvgIpc) is 1.94. The molecule has 0 fully saturated rings. The molecule has 9 heavy (non-hydrogen) atoms. The standard InChI is InChI=1S/C6H5Br.N2/c7-6-4-2-1-3-5-6;1-2/h1-5H;. The molecule has 0 unspecified atom stereocenters. The first-order chi connectivity index (χ1) is 4.39. The van der Waals surface area contributed by atoms with Gasteiger partial charge in [-0.15, -0.1) is 0 Å². The summed E-state index contributed by atoms with van der Waals surface area (Å²) in [5, 5.41) is 12.0. The van der Waals surface area contributed by atoms with Crippen molar-refractivity contribution in [2.75, 3.05) is 0 Å². The first-order valence-electron chi connectivity index (χ1n) is 2.30. The van der Waals surface area contributed by atoms with Gasteiger partial charge < -0.3 is 0 Å². The van der Waals surface area contributed by atoms with Crippen LogP contribution in [0, 0.1) is 10.8 Å². The molecule has 0 atom stereocenters. The number of hydrogen-bond donors (Lipinski definition) is 0. The monoisotopic (exact) mass is 184 g/mol. The Morgan fingerprint density at radius 3 is 1.67 bits per heavy atom. The third kappa shape index (κ3) is 3.68. The van der Waals surface area contributed by atoms with Crippen molar-refractivity contribution in [3.05, 3.63) is 34.8 Å². The van der Waals surface area contributed by atoms with Gasteiger partial charge in [0.2, 0.25) is 0 Å². The molecule has 0 amide bonds. The van der Waals surface area contributed by atoms with E-state index >= 15 is 0 Å². The molecule has 0 N–H and O–H groups in total. The van der Waals surface area contributed by atoms with Crippen LogP contribution in [0.25, 0.3) is 0 Å². The van der Waals surface area contributed by atoms with Gasteiger partial charge in [0.1, 0.15) is 0 Å². The van der Waals surface area contributed by atoms with Crippen LogP contribution in [0.15, 0.2) is 34.8 Å². The summed E-state index contributed by atoms with van der Waals surface area (Å²) in [6.07, 6.45) is 0. The van der Waals surface area contributed by atoms with Crippen molar-refractivity contribution in [2.24, 2.45) is 0 Å². The van der Waals surface area contributed by atoms with Crippen molar-refractivity contribution in [3.8, 4) is 0 Å². The van der Waals surface area contributed by atoms with E-state index in [0.717, 1.165) is 4.47 Å². The number of benzene rings is 1. The maximum Gasteiger partial charge on any atom is 0.0175 e. The molecule has 0 aliphatic carbocycles. The van der Waals surface area contributed by atoms with Crippen molar-refractivity contribution in [1.82, 2.24) is 0 Å². The molecular weight excluding hydrogens is 180 g/mol. The summed E-state index contributed by atoms with van der Waals surface area (Å²) in [5.41, 5.74) is 0. The van der Waals surface area contributed by atoms with Crippen LogP contribution in [-0.4, -0.2) is 0 Å². The predicted molar refractivity (Wildman–Crippen MR) is 37.6 cm³/mol. The summed E-state index contributed by atoms with van der Waals surface area (Å²) >= 11 is 3.31. The molecule has 2 nitrogen and oxygen atoms in total. The van der Waals surface area contributed by atoms with Crippen LogP contribution in [0.4, 0.5) is 0 Å². The third-order valence-corrected chi connectivity index (χ3v) is 1.26. The lowest BCUT2D eigenvalue weighted by Gasteiger charge is -1.80. The number of nitrogens with zero attached hydrogens (tertiary/aromatic N) is 2. The molecule has 0 radical (unpaired) electrons. The number of rotatable bonds is 0. The Morgan fingerprint density at radius 1 is 1.00 bits per heavy atom. The summed E-state index contributed by atoms with van der Waals surface area (Å²) < 4.78 is 1.13. The second kappa shape index (κ2) is 5.26. The lowest BCUT2D eigenvalue weighted by Crippen LogP contribution is -1.55. The molecule has 1 aromatic rings. The van der Waals surface area contributed by atoms with Crippen LogP contribution < -0.4 is 0 Å². The minimum atomic E-state index is 1.13. The zero-order chi connectivity index (χ0) is 7.11. The van der Waals surface area contributed by atoms with Crippen LogP contribution in [-0.2, 0) is 0 Å². The molecular formula is C6H5BrN2. The third-order valence-electron chi connectivity index (χ3n) is 0.733. The van der Waals surface area contributed by atoms with Crippen molar-refractivity contribution in [2.45, 2.75) is 0 Å². The van der Waals surface area contributed by atoms with Gasteiger partial charge >= 0.3 is 0 Å². The van der Waals surface area contributed by atoms with E-state index in [2.05, 4.69) is 15.9 Å². The lowest BCUT2D eigenvalue weighted by molar-refractivity contribution is 1.15. The molecule has 0 aliphatic heterocycles. The van der Waals surface area contributed by atoms with E-state index in [-0.39, 0.29) is 0 Å². The van der Waals surface area contributed by atoms with E-state index in [1.165, 1.54) is 0 Å². The molecule has 0 saturated heterocycles. The fourth-order valence-corrected chi connectivity index (χ4v) is 0.720. The Balaban J connectivity index is 0.000000291. The summed E-state index contributed by atoms with van der Waals surface area (Å²) in [6, 6.07) is 9.97. The van der Waals surface area contributed by atoms with E-state index in [0.29, 0.717) is 0 Å². The van der Waals surface area contributed by atoms with Crippen molar-refractivity contribution in [3.63, 3.8) is 0 Å². The van der Waals surface area contributed by atoms with Gasteiger partial charge in [-0.1, -0.05) is 34.1 Å². The predicted octanol–water partition coefficient (Wildman–Crippen LogP) is 2.48. The second-order valence-corrected chi connectivity index (χ2v) is 2.21. The molecule has 1 rings (SSSR count). The lowest BCUT2D eigenvalue weighted by atomic mass is 10.4. The summed E-state index contributed by atoms with van der Waals surface area (Å²) in [6.45, 7) is 0. The highest BCUT2D eigenvalue weighted by Gasteiger charge is 1.74. The maximum atomic E-state index is 6.00. The Labute approximate surface area is 62.1 Å². The molecule has 0 aromatic heterocycles. The first-order valence-corrected chi connectivity index (χ1v) is 3.09. The molecule has 0 bridgehead atoms. The van der Waals surface area contributed by atoms with Gasteiger partial charge in [0.15, 0.2) is 0 Å². The highest BCUT2D eigenvalue weighted by Crippen LogP contribution is 2.05. The molecule has 1 aromatic carbocycles. The molecule has 0 saturated carbocycles. The summed E-state index contributed by atoms with van der Waals surface area (Å²) in [7, 11) is 0. The van der Waals surface area contributed by atoms with E-state index in [1.807, 2.05) is 30.3 Å². The molecule has 0 spiro atoms. The quantitative estimate of drug-likeness (QED) is 0.582. The Morgan fingerprint density at radius 2 is 1.44 bits per heavy atom. The Kier molecular flexibility index (Phi) is 4.75. The fourth-order valence-electron chi connectivity index (χ4n) is 0.415. The van der Waals surface area contributed by atoms with Crippen molar-refractivity contribution in [1.29, 1.82) is 10.8 Å². The molecule has 0 heterocycles. The van der Waals surface area contributed by atoms with Gasteiger partial charge in [-0.3, -0.25) is 0 Å². The van der Waals surface area contributed by atoms with Crippen LogP contribution in [0.2, 0.25) is 0 Å². The van der Waals surface area contributed by atoms with E-state index < -0.39 is 0 Å². The zero-order valence-electron chi connectivity index (χ0n) is 4.66. The van der Waals surface area contributed by atoms with E-state index in [9.17, 15) is 0 Å². The van der Waals surface area contributed by atoms with Gasteiger partial charge in [0.25, 0.3) is 0 Å². The second-order valence-electron chi connectivity index (χ2n) is 1.30. The van der Waals surface area contributed by atoms with Gasteiger partial charge in [-0.2, -0.15) is 0 Å². The van der Waals surface area contributed by atoms with Gasteiger partial charge in [-0.05, 0) is 12.1 Å². The normalized spacial score (nSPS) is 7.00. The van der Waals surface area contributed by atoms with Crippen molar-refractivity contribution >= 4 is 15.9 Å². The minimum Gasteiger partial charge on any atom is -0.0622 e. The van der Waals surface area contributed by atoms with E-state index in [4.69, 9.17) is 10.8 Å². The fraction of sp³-hybridized carbons (Fsp3) is 0. The van der Waals surface area contributed by atoms with E-state index in [1.54, 1.807) is 0 Å². The van der Waals surface area contributed by atoms with Gasteiger partial charge in [0.05, 0.1) is 0 Å². The number of hydrogen-bond acceptors (Lipinski definition) is 2. The minimum absolute atomic E-state index is 1.13.